The molecule has 3 aromatic carbocycles. The zero-order chi connectivity index (χ0) is 22.5. The molecule has 1 heterocycles. The van der Waals surface area contributed by atoms with Crippen molar-refractivity contribution in [3.8, 4) is 22.9 Å². The standard InChI is InChI=1S/C25H25N3O4/c1-4-21(31-22-11-7-9-17-8-5-6-10-20(17)22)25(29)28(2)16-23-26-24(27-32-23)18-12-14-19(30-3)15-13-18/h5-15,21H,4,16H2,1-3H3. The lowest BCUT2D eigenvalue weighted by molar-refractivity contribution is -0.138. The number of benzene rings is 3. The molecule has 1 amide bonds. The number of hydrogen-bond donors (Lipinski definition) is 0. The number of rotatable bonds is 8. The molecule has 0 aliphatic carbocycles. The molecular formula is C25H25N3O4. The summed E-state index contributed by atoms with van der Waals surface area (Å²) >= 11 is 0. The van der Waals surface area contributed by atoms with Crippen LogP contribution in [-0.2, 0) is 11.3 Å². The summed E-state index contributed by atoms with van der Waals surface area (Å²) < 4.78 is 16.7. The molecule has 0 saturated heterocycles. The Morgan fingerprint density at radius 3 is 2.56 bits per heavy atom. The molecule has 1 atom stereocenters. The molecule has 0 bridgehead atoms. The van der Waals surface area contributed by atoms with E-state index in [0.717, 1.165) is 22.1 Å². The maximum absolute atomic E-state index is 13.1. The van der Waals surface area contributed by atoms with Gasteiger partial charge >= 0.3 is 0 Å². The minimum Gasteiger partial charge on any atom is -0.497 e. The second kappa shape index (κ2) is 9.51. The smallest absolute Gasteiger partial charge is 0.263 e. The van der Waals surface area contributed by atoms with Crippen LogP contribution in [-0.4, -0.2) is 41.2 Å². The third-order valence-electron chi connectivity index (χ3n) is 5.23. The molecule has 0 aliphatic rings. The fourth-order valence-corrected chi connectivity index (χ4v) is 3.46. The van der Waals surface area contributed by atoms with Crippen LogP contribution in [0.4, 0.5) is 0 Å². The Bertz CT molecular complexity index is 1200. The van der Waals surface area contributed by atoms with Gasteiger partial charge in [-0.2, -0.15) is 4.98 Å². The highest BCUT2D eigenvalue weighted by Crippen LogP contribution is 2.27. The van der Waals surface area contributed by atoms with Crippen molar-refractivity contribution in [3.05, 3.63) is 72.6 Å². The minimum atomic E-state index is -0.616. The average Bonchev–Trinajstić information content (AvgIpc) is 3.30. The predicted molar refractivity (Wildman–Crippen MR) is 121 cm³/mol. The fraction of sp³-hybridized carbons (Fsp3) is 0.240. The second-order valence-electron chi connectivity index (χ2n) is 7.43. The van der Waals surface area contributed by atoms with Crippen LogP contribution >= 0.6 is 0 Å². The van der Waals surface area contributed by atoms with Gasteiger partial charge in [0.05, 0.1) is 13.7 Å². The Morgan fingerprint density at radius 2 is 1.81 bits per heavy atom. The van der Waals surface area contributed by atoms with Crippen molar-refractivity contribution < 1.29 is 18.8 Å². The summed E-state index contributed by atoms with van der Waals surface area (Å²) in [5.74, 6) is 2.11. The molecule has 4 rings (SSSR count). The SMILES string of the molecule is CCC(Oc1cccc2ccccc12)C(=O)N(C)Cc1nc(-c2ccc(OC)cc2)no1. The third kappa shape index (κ3) is 4.56. The normalized spacial score (nSPS) is 11.8. The number of carbonyl (C=O) groups excluding carboxylic acids is 1. The van der Waals surface area contributed by atoms with E-state index in [4.69, 9.17) is 14.0 Å². The van der Waals surface area contributed by atoms with Gasteiger partial charge in [-0.1, -0.05) is 48.5 Å². The van der Waals surface area contributed by atoms with Crippen molar-refractivity contribution in [3.63, 3.8) is 0 Å². The van der Waals surface area contributed by atoms with E-state index in [1.807, 2.05) is 73.7 Å². The van der Waals surface area contributed by atoms with E-state index in [1.165, 1.54) is 0 Å². The van der Waals surface area contributed by atoms with Gasteiger partial charge in [0.25, 0.3) is 5.91 Å². The lowest BCUT2D eigenvalue weighted by Gasteiger charge is -2.23. The number of ether oxygens (including phenoxy) is 2. The Labute approximate surface area is 186 Å². The topological polar surface area (TPSA) is 77.7 Å². The maximum atomic E-state index is 13.1. The Hall–Kier alpha value is -3.87. The predicted octanol–water partition coefficient (Wildman–Crippen LogP) is 4.71. The molecule has 0 fully saturated rings. The van der Waals surface area contributed by atoms with Crippen molar-refractivity contribution in [2.45, 2.75) is 26.0 Å². The van der Waals surface area contributed by atoms with Crippen molar-refractivity contribution in [2.24, 2.45) is 0 Å². The van der Waals surface area contributed by atoms with Crippen LogP contribution in [0.25, 0.3) is 22.2 Å². The van der Waals surface area contributed by atoms with Crippen molar-refractivity contribution in [1.82, 2.24) is 15.0 Å². The highest BCUT2D eigenvalue weighted by Gasteiger charge is 2.24. The van der Waals surface area contributed by atoms with Gasteiger partial charge in [-0.15, -0.1) is 0 Å². The van der Waals surface area contributed by atoms with E-state index in [9.17, 15) is 4.79 Å². The lowest BCUT2D eigenvalue weighted by Crippen LogP contribution is -2.39. The fourth-order valence-electron chi connectivity index (χ4n) is 3.46. The second-order valence-corrected chi connectivity index (χ2v) is 7.43. The number of hydrogen-bond acceptors (Lipinski definition) is 6. The van der Waals surface area contributed by atoms with Crippen molar-refractivity contribution in [1.29, 1.82) is 0 Å². The molecule has 0 N–H and O–H groups in total. The van der Waals surface area contributed by atoms with Gasteiger partial charge in [0.1, 0.15) is 11.5 Å². The maximum Gasteiger partial charge on any atom is 0.263 e. The molecule has 0 aliphatic heterocycles. The van der Waals surface area contributed by atoms with Crippen LogP contribution in [0, 0.1) is 0 Å². The van der Waals surface area contributed by atoms with E-state index in [1.54, 1.807) is 19.1 Å². The third-order valence-corrected chi connectivity index (χ3v) is 5.23. The molecule has 0 saturated carbocycles. The molecule has 164 valence electrons. The van der Waals surface area contributed by atoms with Gasteiger partial charge in [-0.25, -0.2) is 0 Å². The highest BCUT2D eigenvalue weighted by atomic mass is 16.5. The number of nitrogens with zero attached hydrogens (tertiary/aromatic N) is 3. The summed E-state index contributed by atoms with van der Waals surface area (Å²) in [6, 6.07) is 21.2. The van der Waals surface area contributed by atoms with Crippen molar-refractivity contribution >= 4 is 16.7 Å². The van der Waals surface area contributed by atoms with Gasteiger partial charge in [-0.05, 0) is 42.1 Å². The molecule has 4 aromatic rings. The number of aromatic nitrogens is 2. The van der Waals surface area contributed by atoms with Crippen LogP contribution in [0.1, 0.15) is 19.2 Å². The summed E-state index contributed by atoms with van der Waals surface area (Å²) in [5, 5.41) is 6.07. The van der Waals surface area contributed by atoms with Crippen LogP contribution in [0.3, 0.4) is 0 Å². The molecule has 0 radical (unpaired) electrons. The summed E-state index contributed by atoms with van der Waals surface area (Å²) in [7, 11) is 3.32. The minimum absolute atomic E-state index is 0.148. The Kier molecular flexibility index (Phi) is 6.35. The zero-order valence-corrected chi connectivity index (χ0v) is 18.3. The quantitative estimate of drug-likeness (QED) is 0.402. The average molecular weight is 431 g/mol. The number of likely N-dealkylation sites (N-methyl/N-ethyl adjacent to an activating group) is 1. The van der Waals surface area contributed by atoms with Gasteiger partial charge in [0, 0.05) is 18.0 Å². The largest absolute Gasteiger partial charge is 0.497 e. The van der Waals surface area contributed by atoms with E-state index in [2.05, 4.69) is 10.1 Å². The first-order chi connectivity index (χ1) is 15.6. The van der Waals surface area contributed by atoms with Gasteiger partial charge in [0.2, 0.25) is 11.7 Å². The Morgan fingerprint density at radius 1 is 1.06 bits per heavy atom. The van der Waals surface area contributed by atoms with Crippen LogP contribution in [0.5, 0.6) is 11.5 Å². The number of methoxy groups -OCH3 is 1. The summed E-state index contributed by atoms with van der Waals surface area (Å²) in [6.07, 6.45) is -0.0809. The molecule has 7 heteroatoms. The van der Waals surface area contributed by atoms with E-state index in [-0.39, 0.29) is 12.5 Å². The zero-order valence-electron chi connectivity index (χ0n) is 18.3. The molecule has 32 heavy (non-hydrogen) atoms. The van der Waals surface area contributed by atoms with Crippen LogP contribution in [0.15, 0.2) is 71.3 Å². The molecule has 1 aromatic heterocycles. The highest BCUT2D eigenvalue weighted by molar-refractivity contribution is 5.89. The summed E-state index contributed by atoms with van der Waals surface area (Å²) in [4.78, 5) is 19.0. The number of carbonyl (C=O) groups is 1. The van der Waals surface area contributed by atoms with E-state index < -0.39 is 6.10 Å². The van der Waals surface area contributed by atoms with Crippen LogP contribution in [0.2, 0.25) is 0 Å². The van der Waals surface area contributed by atoms with Crippen molar-refractivity contribution in [2.75, 3.05) is 14.2 Å². The lowest BCUT2D eigenvalue weighted by atomic mass is 10.1. The monoisotopic (exact) mass is 431 g/mol. The first-order valence-corrected chi connectivity index (χ1v) is 10.5. The van der Waals surface area contributed by atoms with Gasteiger partial charge < -0.3 is 18.9 Å². The number of fused-ring (bicyclic) bond motifs is 1. The molecule has 7 nitrogen and oxygen atoms in total. The summed E-state index contributed by atoms with van der Waals surface area (Å²) in [6.45, 7) is 2.12. The molecule has 1 unspecified atom stereocenters. The first kappa shape index (κ1) is 21.4. The Balaban J connectivity index is 1.44. The first-order valence-electron chi connectivity index (χ1n) is 10.5. The molecular weight excluding hydrogens is 406 g/mol. The molecule has 0 spiro atoms. The van der Waals surface area contributed by atoms with E-state index >= 15 is 0 Å². The van der Waals surface area contributed by atoms with Gasteiger partial charge in [-0.3, -0.25) is 4.79 Å². The number of amides is 1. The van der Waals surface area contributed by atoms with Gasteiger partial charge in [0.15, 0.2) is 6.10 Å². The van der Waals surface area contributed by atoms with Crippen LogP contribution < -0.4 is 9.47 Å². The summed E-state index contributed by atoms with van der Waals surface area (Å²) in [5.41, 5.74) is 0.806. The van der Waals surface area contributed by atoms with E-state index in [0.29, 0.717) is 23.9 Å².